The Kier molecular flexibility index (Phi) is 7.16. The van der Waals surface area contributed by atoms with Gasteiger partial charge in [0.05, 0.1) is 16.9 Å². The van der Waals surface area contributed by atoms with E-state index in [-0.39, 0.29) is 5.41 Å². The van der Waals surface area contributed by atoms with Crippen molar-refractivity contribution >= 4 is 21.7 Å². The van der Waals surface area contributed by atoms with Crippen molar-refractivity contribution in [3.8, 4) is 67.3 Å². The first-order valence-corrected chi connectivity index (χ1v) is 18.2. The maximum Gasteiger partial charge on any atom is 0.160 e. The standard InChI is InChI=1S/C50H35N3/c1-50(2)43-16-8-15-41(48(43)42-29-37-12-6-7-13-38(37)30-44(42)50)33-19-23-35(24-20-33)47-31-46(52-49(53-47)36-10-4-3-5-11-36)34-21-17-32(18-22-34)39-25-26-45-40(28-39)14-9-27-51-45/h3-31H,1-2H3. The van der Waals surface area contributed by atoms with Gasteiger partial charge in [-0.3, -0.25) is 4.98 Å². The summed E-state index contributed by atoms with van der Waals surface area (Å²) in [6.45, 7) is 4.70. The Morgan fingerprint density at radius 1 is 0.396 bits per heavy atom. The molecule has 0 saturated carbocycles. The van der Waals surface area contributed by atoms with Crippen LogP contribution in [0.15, 0.2) is 176 Å². The Balaban J connectivity index is 1.04. The molecule has 0 unspecified atom stereocenters. The van der Waals surface area contributed by atoms with Gasteiger partial charge in [0.25, 0.3) is 0 Å². The summed E-state index contributed by atoms with van der Waals surface area (Å²) in [6.07, 6.45) is 1.83. The smallest absolute Gasteiger partial charge is 0.160 e. The molecule has 0 bridgehead atoms. The van der Waals surface area contributed by atoms with Crippen molar-refractivity contribution in [1.82, 2.24) is 15.0 Å². The number of hydrogen-bond acceptors (Lipinski definition) is 3. The van der Waals surface area contributed by atoms with Crippen LogP contribution in [0.4, 0.5) is 0 Å². The van der Waals surface area contributed by atoms with Crippen LogP contribution in [0.1, 0.15) is 25.0 Å². The first kappa shape index (κ1) is 31.1. The highest BCUT2D eigenvalue weighted by Gasteiger charge is 2.37. The van der Waals surface area contributed by atoms with Gasteiger partial charge in [-0.1, -0.05) is 147 Å². The van der Waals surface area contributed by atoms with E-state index in [1.807, 2.05) is 30.5 Å². The van der Waals surface area contributed by atoms with Crippen molar-refractivity contribution in [1.29, 1.82) is 0 Å². The van der Waals surface area contributed by atoms with Gasteiger partial charge in [-0.15, -0.1) is 0 Å². The molecule has 10 rings (SSSR count). The van der Waals surface area contributed by atoms with E-state index in [0.29, 0.717) is 5.82 Å². The van der Waals surface area contributed by atoms with Gasteiger partial charge in [0.2, 0.25) is 0 Å². The van der Waals surface area contributed by atoms with Crippen LogP contribution in [0.5, 0.6) is 0 Å². The largest absolute Gasteiger partial charge is 0.256 e. The second-order valence-electron chi connectivity index (χ2n) is 14.5. The third-order valence-electron chi connectivity index (χ3n) is 10.9. The third kappa shape index (κ3) is 5.32. The van der Waals surface area contributed by atoms with Gasteiger partial charge in [-0.2, -0.15) is 0 Å². The van der Waals surface area contributed by atoms with E-state index >= 15 is 0 Å². The summed E-state index contributed by atoms with van der Waals surface area (Å²) >= 11 is 0. The third-order valence-corrected chi connectivity index (χ3v) is 10.9. The Labute approximate surface area is 309 Å². The molecule has 250 valence electrons. The molecule has 2 heterocycles. The first-order valence-electron chi connectivity index (χ1n) is 18.2. The summed E-state index contributed by atoms with van der Waals surface area (Å²) in [5.74, 6) is 0.709. The predicted molar refractivity (Wildman–Crippen MR) is 220 cm³/mol. The maximum atomic E-state index is 5.11. The van der Waals surface area contributed by atoms with Crippen molar-refractivity contribution in [2.45, 2.75) is 19.3 Å². The normalized spacial score (nSPS) is 12.9. The molecule has 1 aliphatic carbocycles. The molecule has 2 aromatic heterocycles. The summed E-state index contributed by atoms with van der Waals surface area (Å²) in [7, 11) is 0. The average Bonchev–Trinajstić information content (AvgIpc) is 3.45. The molecular weight excluding hydrogens is 643 g/mol. The van der Waals surface area contributed by atoms with Crippen molar-refractivity contribution < 1.29 is 0 Å². The zero-order chi connectivity index (χ0) is 35.5. The highest BCUT2D eigenvalue weighted by Crippen LogP contribution is 2.53. The van der Waals surface area contributed by atoms with Crippen LogP contribution in [0.2, 0.25) is 0 Å². The van der Waals surface area contributed by atoms with Crippen LogP contribution in [-0.4, -0.2) is 15.0 Å². The average molecular weight is 678 g/mol. The number of nitrogens with zero attached hydrogens (tertiary/aromatic N) is 3. The molecule has 0 N–H and O–H groups in total. The maximum absolute atomic E-state index is 5.11. The monoisotopic (exact) mass is 677 g/mol. The Hall–Kier alpha value is -6.71. The van der Waals surface area contributed by atoms with Crippen molar-refractivity contribution in [3.63, 3.8) is 0 Å². The van der Waals surface area contributed by atoms with Gasteiger partial charge in [-0.05, 0) is 91.7 Å². The zero-order valence-electron chi connectivity index (χ0n) is 29.6. The van der Waals surface area contributed by atoms with Crippen LogP contribution >= 0.6 is 0 Å². The number of fused-ring (bicyclic) bond motifs is 5. The van der Waals surface area contributed by atoms with Gasteiger partial charge < -0.3 is 0 Å². The molecule has 0 spiro atoms. The molecule has 1 aliphatic rings. The number of hydrogen-bond donors (Lipinski definition) is 0. The van der Waals surface area contributed by atoms with Gasteiger partial charge in [-0.25, -0.2) is 9.97 Å². The Morgan fingerprint density at radius 2 is 1.02 bits per heavy atom. The van der Waals surface area contributed by atoms with E-state index in [1.54, 1.807) is 0 Å². The van der Waals surface area contributed by atoms with Crippen LogP contribution in [0.25, 0.3) is 89.0 Å². The topological polar surface area (TPSA) is 38.7 Å². The summed E-state index contributed by atoms with van der Waals surface area (Å²) in [6, 6.07) is 60.7. The van der Waals surface area contributed by atoms with E-state index in [4.69, 9.17) is 9.97 Å². The van der Waals surface area contributed by atoms with E-state index < -0.39 is 0 Å². The van der Waals surface area contributed by atoms with Crippen molar-refractivity contribution in [2.24, 2.45) is 0 Å². The summed E-state index contributed by atoms with van der Waals surface area (Å²) in [5, 5.41) is 3.69. The second-order valence-corrected chi connectivity index (χ2v) is 14.5. The molecule has 3 nitrogen and oxygen atoms in total. The minimum absolute atomic E-state index is 0.0823. The first-order chi connectivity index (χ1) is 26.0. The van der Waals surface area contributed by atoms with Crippen LogP contribution in [-0.2, 0) is 5.41 Å². The lowest BCUT2D eigenvalue weighted by Crippen LogP contribution is -2.14. The minimum Gasteiger partial charge on any atom is -0.256 e. The highest BCUT2D eigenvalue weighted by molar-refractivity contribution is 5.98. The number of benzene rings is 7. The van der Waals surface area contributed by atoms with Gasteiger partial charge in [0, 0.05) is 33.7 Å². The molecule has 7 aromatic carbocycles. The SMILES string of the molecule is CC1(C)c2cc3ccccc3cc2-c2c(-c3ccc(-c4cc(-c5ccc(-c6ccc7ncccc7c6)cc5)nc(-c5ccccc5)n4)cc3)cccc21. The van der Waals surface area contributed by atoms with Crippen molar-refractivity contribution in [3.05, 3.63) is 187 Å². The second kappa shape index (κ2) is 12.2. The van der Waals surface area contributed by atoms with Gasteiger partial charge in [0.1, 0.15) is 0 Å². The Bertz CT molecular complexity index is 2840. The van der Waals surface area contributed by atoms with Crippen LogP contribution in [0.3, 0.4) is 0 Å². The molecule has 0 aliphatic heterocycles. The molecule has 0 saturated heterocycles. The molecule has 53 heavy (non-hydrogen) atoms. The van der Waals surface area contributed by atoms with Gasteiger partial charge in [0.15, 0.2) is 5.82 Å². The summed E-state index contributed by atoms with van der Waals surface area (Å²) in [4.78, 5) is 14.7. The lowest BCUT2D eigenvalue weighted by atomic mass is 9.81. The molecule has 9 aromatic rings. The fourth-order valence-electron chi connectivity index (χ4n) is 8.08. The zero-order valence-corrected chi connectivity index (χ0v) is 29.6. The van der Waals surface area contributed by atoms with Crippen LogP contribution < -0.4 is 0 Å². The van der Waals surface area contributed by atoms with E-state index in [1.165, 1.54) is 44.2 Å². The van der Waals surface area contributed by atoms with Gasteiger partial charge >= 0.3 is 0 Å². The molecule has 0 amide bonds. The lowest BCUT2D eigenvalue weighted by Gasteiger charge is -2.22. The summed E-state index contributed by atoms with van der Waals surface area (Å²) < 4.78 is 0. The molecule has 3 heteroatoms. The summed E-state index contributed by atoms with van der Waals surface area (Å²) in [5.41, 5.74) is 16.0. The van der Waals surface area contributed by atoms with Crippen LogP contribution in [0, 0.1) is 0 Å². The molecule has 0 radical (unpaired) electrons. The van der Waals surface area contributed by atoms with E-state index in [0.717, 1.165) is 50.1 Å². The number of aromatic nitrogens is 3. The fraction of sp³-hybridized carbons (Fsp3) is 0.0600. The van der Waals surface area contributed by atoms with E-state index in [2.05, 4.69) is 164 Å². The quantitative estimate of drug-likeness (QED) is 0.182. The van der Waals surface area contributed by atoms with E-state index in [9.17, 15) is 0 Å². The minimum atomic E-state index is -0.0823. The number of rotatable bonds is 5. The molecular formula is C50H35N3. The molecule has 0 fully saturated rings. The number of pyridine rings is 1. The van der Waals surface area contributed by atoms with Crippen molar-refractivity contribution in [2.75, 3.05) is 0 Å². The highest BCUT2D eigenvalue weighted by atomic mass is 14.9. The lowest BCUT2D eigenvalue weighted by molar-refractivity contribution is 0.661. The molecule has 0 atom stereocenters. The Morgan fingerprint density at radius 3 is 1.75 bits per heavy atom. The fourth-order valence-corrected chi connectivity index (χ4v) is 8.08. The predicted octanol–water partition coefficient (Wildman–Crippen LogP) is 12.8.